The van der Waals surface area contributed by atoms with E-state index in [-0.39, 0.29) is 12.1 Å². The van der Waals surface area contributed by atoms with Crippen LogP contribution in [0, 0.1) is 7.05 Å². The van der Waals surface area contributed by atoms with Crippen LogP contribution in [0.5, 0.6) is 0 Å². The molecular formula is C10H20N2O2. The van der Waals surface area contributed by atoms with Crippen LogP contribution in [0.3, 0.4) is 0 Å². The van der Waals surface area contributed by atoms with E-state index in [1.54, 1.807) is 0 Å². The standard InChI is InChI=1S/C10H20N2O2/c1-10(2,3)14-9(13)11-8-5-6-12(4)7-8/h8,12H,4-7H2,1-3H3,(H,11,13). The van der Waals surface area contributed by atoms with Crippen molar-refractivity contribution >= 4 is 6.09 Å². The van der Waals surface area contributed by atoms with Crippen molar-refractivity contribution < 1.29 is 14.4 Å². The van der Waals surface area contributed by atoms with Crippen LogP contribution in [-0.4, -0.2) is 30.8 Å². The molecule has 2 N–H and O–H groups in total. The van der Waals surface area contributed by atoms with Gasteiger partial charge in [0.25, 0.3) is 0 Å². The van der Waals surface area contributed by atoms with Gasteiger partial charge in [-0.2, -0.15) is 7.05 Å². The number of alkyl carbamates (subject to hydrolysis) is 1. The Bertz CT molecular complexity index is 211. The van der Waals surface area contributed by atoms with E-state index in [1.165, 1.54) is 4.90 Å². The van der Waals surface area contributed by atoms with E-state index >= 15 is 0 Å². The minimum absolute atomic E-state index is 0.220. The highest BCUT2D eigenvalue weighted by molar-refractivity contribution is 5.68. The van der Waals surface area contributed by atoms with Crippen LogP contribution in [-0.2, 0) is 4.74 Å². The second-order valence-electron chi connectivity index (χ2n) is 4.84. The van der Waals surface area contributed by atoms with E-state index < -0.39 is 5.60 Å². The second-order valence-corrected chi connectivity index (χ2v) is 4.84. The Kier molecular flexibility index (Phi) is 3.37. The third-order valence-corrected chi connectivity index (χ3v) is 2.10. The minimum Gasteiger partial charge on any atom is -0.466 e. The van der Waals surface area contributed by atoms with Crippen molar-refractivity contribution in [2.45, 2.75) is 38.8 Å². The van der Waals surface area contributed by atoms with E-state index in [4.69, 9.17) is 4.74 Å². The average Bonchev–Trinajstić information content (AvgIpc) is 2.30. The first kappa shape index (κ1) is 11.3. The van der Waals surface area contributed by atoms with Crippen LogP contribution < -0.4 is 10.2 Å². The first-order valence-corrected chi connectivity index (χ1v) is 5.03. The molecule has 0 aromatic rings. The summed E-state index contributed by atoms with van der Waals surface area (Å²) in [5.41, 5.74) is -0.417. The summed E-state index contributed by atoms with van der Waals surface area (Å²) in [6.45, 7) is 7.49. The van der Waals surface area contributed by atoms with E-state index in [0.717, 1.165) is 19.5 Å². The second kappa shape index (κ2) is 4.17. The monoisotopic (exact) mass is 200 g/mol. The summed E-state index contributed by atoms with van der Waals surface area (Å²) in [5, 5.41) is 2.84. The number of ether oxygens (including phenoxy) is 1. The molecule has 0 saturated carbocycles. The number of hydrogen-bond donors (Lipinski definition) is 2. The van der Waals surface area contributed by atoms with E-state index in [2.05, 4.69) is 12.4 Å². The van der Waals surface area contributed by atoms with E-state index in [9.17, 15) is 4.79 Å². The number of quaternary nitrogens is 1. The molecular weight excluding hydrogens is 180 g/mol. The van der Waals surface area contributed by atoms with E-state index in [0.29, 0.717) is 0 Å². The molecule has 0 aromatic carbocycles. The van der Waals surface area contributed by atoms with Gasteiger partial charge in [0.15, 0.2) is 0 Å². The maximum atomic E-state index is 11.4. The molecule has 0 radical (unpaired) electrons. The summed E-state index contributed by atoms with van der Waals surface area (Å²) in [6.07, 6.45) is 0.662. The highest BCUT2D eigenvalue weighted by atomic mass is 16.6. The van der Waals surface area contributed by atoms with Gasteiger partial charge in [0.05, 0.1) is 19.1 Å². The fourth-order valence-electron chi connectivity index (χ4n) is 1.53. The molecule has 82 valence electrons. The summed E-state index contributed by atoms with van der Waals surface area (Å²) in [7, 11) is 3.89. The van der Waals surface area contributed by atoms with Gasteiger partial charge in [-0.05, 0) is 20.8 Å². The molecule has 0 bridgehead atoms. The molecule has 2 atom stereocenters. The van der Waals surface area contributed by atoms with Gasteiger partial charge in [-0.1, -0.05) is 0 Å². The maximum Gasteiger partial charge on any atom is 0.408 e. The molecule has 4 nitrogen and oxygen atoms in total. The van der Waals surface area contributed by atoms with Crippen LogP contribution in [0.1, 0.15) is 27.2 Å². The van der Waals surface area contributed by atoms with Crippen LogP contribution in [0.4, 0.5) is 4.79 Å². The van der Waals surface area contributed by atoms with Gasteiger partial charge in [0, 0.05) is 6.42 Å². The SMILES string of the molecule is [CH2-][NH+]1CCC(NC(=O)OC(C)(C)C)C1. The molecule has 1 rings (SSSR count). The Morgan fingerprint density at radius 3 is 2.64 bits per heavy atom. The Hall–Kier alpha value is -0.770. The summed E-state index contributed by atoms with van der Waals surface area (Å²) in [4.78, 5) is 12.6. The number of nitrogens with one attached hydrogen (secondary N) is 2. The lowest BCUT2D eigenvalue weighted by atomic mass is 10.2. The van der Waals surface area contributed by atoms with Crippen molar-refractivity contribution in [1.82, 2.24) is 5.32 Å². The number of carbonyl (C=O) groups is 1. The molecule has 1 fully saturated rings. The van der Waals surface area contributed by atoms with Crippen molar-refractivity contribution in [2.24, 2.45) is 0 Å². The van der Waals surface area contributed by atoms with Crippen molar-refractivity contribution in [3.63, 3.8) is 0 Å². The van der Waals surface area contributed by atoms with Crippen molar-refractivity contribution in [2.75, 3.05) is 13.1 Å². The summed E-state index contributed by atoms with van der Waals surface area (Å²) in [6, 6.07) is 0.220. The van der Waals surface area contributed by atoms with Crippen LogP contribution >= 0.6 is 0 Å². The normalized spacial score (nSPS) is 27.4. The molecule has 2 unspecified atom stereocenters. The van der Waals surface area contributed by atoms with Gasteiger partial charge in [0.1, 0.15) is 5.60 Å². The number of likely N-dealkylation sites (tertiary alicyclic amines) is 1. The predicted octanol–water partition coefficient (Wildman–Crippen LogP) is -0.0401. The smallest absolute Gasteiger partial charge is 0.408 e. The van der Waals surface area contributed by atoms with Gasteiger partial charge < -0.3 is 15.0 Å². The van der Waals surface area contributed by atoms with Crippen molar-refractivity contribution in [3.05, 3.63) is 7.05 Å². The maximum absolute atomic E-state index is 11.4. The molecule has 0 aliphatic carbocycles. The van der Waals surface area contributed by atoms with Gasteiger partial charge in [0.2, 0.25) is 0 Å². The third kappa shape index (κ3) is 3.96. The Morgan fingerprint density at radius 2 is 2.21 bits per heavy atom. The average molecular weight is 200 g/mol. The molecule has 0 aromatic heterocycles. The fourth-order valence-corrected chi connectivity index (χ4v) is 1.53. The zero-order valence-electron chi connectivity index (χ0n) is 9.22. The lowest BCUT2D eigenvalue weighted by Crippen LogP contribution is -3.05. The molecule has 1 aliphatic rings. The third-order valence-electron chi connectivity index (χ3n) is 2.10. The highest BCUT2D eigenvalue weighted by Crippen LogP contribution is 2.07. The first-order valence-electron chi connectivity index (χ1n) is 5.03. The Morgan fingerprint density at radius 1 is 1.57 bits per heavy atom. The predicted molar refractivity (Wildman–Crippen MR) is 53.8 cm³/mol. The van der Waals surface area contributed by atoms with Crippen molar-refractivity contribution in [1.29, 1.82) is 0 Å². The molecule has 1 aliphatic heterocycles. The van der Waals surface area contributed by atoms with Crippen LogP contribution in [0.25, 0.3) is 0 Å². The Balaban J connectivity index is 2.27. The Labute approximate surface area is 85.6 Å². The molecule has 4 heteroatoms. The number of carbonyl (C=O) groups excluding carboxylic acids is 1. The van der Waals surface area contributed by atoms with Gasteiger partial charge in [-0.25, -0.2) is 4.79 Å². The molecule has 1 amide bonds. The number of rotatable bonds is 1. The molecule has 1 heterocycles. The molecule has 1 saturated heterocycles. The largest absolute Gasteiger partial charge is 0.466 e. The summed E-state index contributed by atoms with van der Waals surface area (Å²) < 4.78 is 5.16. The molecule has 0 spiro atoms. The summed E-state index contributed by atoms with van der Waals surface area (Å²) in [5.74, 6) is 0. The number of amides is 1. The van der Waals surface area contributed by atoms with Gasteiger partial charge in [-0.15, -0.1) is 0 Å². The molecule has 14 heavy (non-hydrogen) atoms. The zero-order valence-corrected chi connectivity index (χ0v) is 9.22. The zero-order chi connectivity index (χ0) is 10.8. The highest BCUT2D eigenvalue weighted by Gasteiger charge is 2.24. The fraction of sp³-hybridized carbons (Fsp3) is 0.800. The van der Waals surface area contributed by atoms with Gasteiger partial charge >= 0.3 is 6.09 Å². The lowest BCUT2D eigenvalue weighted by Gasteiger charge is -2.21. The topological polar surface area (TPSA) is 42.8 Å². The number of hydrogen-bond acceptors (Lipinski definition) is 2. The first-order chi connectivity index (χ1) is 6.37. The van der Waals surface area contributed by atoms with Crippen molar-refractivity contribution in [3.8, 4) is 0 Å². The quantitative estimate of drug-likeness (QED) is 0.583. The van der Waals surface area contributed by atoms with Crippen LogP contribution in [0.15, 0.2) is 0 Å². The summed E-state index contributed by atoms with van der Waals surface area (Å²) >= 11 is 0. The lowest BCUT2D eigenvalue weighted by molar-refractivity contribution is -0.840. The van der Waals surface area contributed by atoms with E-state index in [1.807, 2.05) is 20.8 Å². The minimum atomic E-state index is -0.417. The van der Waals surface area contributed by atoms with Gasteiger partial charge in [-0.3, -0.25) is 0 Å². The van der Waals surface area contributed by atoms with Crippen LogP contribution in [0.2, 0.25) is 0 Å².